The summed E-state index contributed by atoms with van der Waals surface area (Å²) in [7, 11) is -3.95. The lowest BCUT2D eigenvalue weighted by molar-refractivity contribution is -0.110. The zero-order valence-electron chi connectivity index (χ0n) is 16.3. The van der Waals surface area contributed by atoms with Crippen molar-refractivity contribution in [1.29, 1.82) is 0 Å². The summed E-state index contributed by atoms with van der Waals surface area (Å²) in [5, 5.41) is 1.76. The number of carbonyl (C=O) groups is 2. The molecule has 0 spiro atoms. The Kier molecular flexibility index (Phi) is 5.49. The molecule has 154 valence electrons. The third-order valence-electron chi connectivity index (χ3n) is 4.73. The number of alkyl carbamates (subject to hydrolysis) is 1. The van der Waals surface area contributed by atoms with E-state index in [0.717, 1.165) is 0 Å². The molecule has 2 aromatic carbocycles. The Balaban J connectivity index is 2.03. The van der Waals surface area contributed by atoms with E-state index < -0.39 is 38.2 Å². The molecule has 0 radical (unpaired) electrons. The number of ether oxygens (including phenoxy) is 1. The highest BCUT2D eigenvalue weighted by molar-refractivity contribution is 7.92. The normalized spacial score (nSPS) is 23.9. The fraction of sp³-hybridized carbons (Fsp3) is 0.333. The number of hydrogen-bond donors (Lipinski definition) is 1. The van der Waals surface area contributed by atoms with Gasteiger partial charge in [0, 0.05) is 10.9 Å². The smallest absolute Gasteiger partial charge is 0.408 e. The molecule has 1 aliphatic carbocycles. The van der Waals surface area contributed by atoms with Gasteiger partial charge < -0.3 is 14.8 Å². The lowest BCUT2D eigenvalue weighted by Gasteiger charge is -2.22. The minimum Gasteiger partial charge on any atom is -0.444 e. The van der Waals surface area contributed by atoms with E-state index in [0.29, 0.717) is 16.9 Å². The first-order valence-corrected chi connectivity index (χ1v) is 11.0. The number of aldehydes is 1. The van der Waals surface area contributed by atoms with Gasteiger partial charge in [0.1, 0.15) is 22.7 Å². The van der Waals surface area contributed by atoms with Gasteiger partial charge in [-0.2, -0.15) is 0 Å². The van der Waals surface area contributed by atoms with Crippen LogP contribution in [0.3, 0.4) is 0 Å². The van der Waals surface area contributed by atoms with Gasteiger partial charge in [0.15, 0.2) is 9.84 Å². The average molecular weight is 436 g/mol. The molecule has 29 heavy (non-hydrogen) atoms. The summed E-state index contributed by atoms with van der Waals surface area (Å²) in [5.74, 6) is -0.741. The van der Waals surface area contributed by atoms with E-state index in [2.05, 4.69) is 5.32 Å². The van der Waals surface area contributed by atoms with Crippen molar-refractivity contribution in [1.82, 2.24) is 5.32 Å². The van der Waals surface area contributed by atoms with Crippen molar-refractivity contribution in [2.24, 2.45) is 0 Å². The Labute approximate surface area is 175 Å². The highest BCUT2D eigenvalue weighted by Gasteiger charge is 2.73. The predicted molar refractivity (Wildman–Crippen MR) is 110 cm³/mol. The zero-order chi connectivity index (χ0) is 21.4. The summed E-state index contributed by atoms with van der Waals surface area (Å²) >= 11 is 5.87. The monoisotopic (exact) mass is 435 g/mol. The van der Waals surface area contributed by atoms with Crippen molar-refractivity contribution in [2.75, 3.05) is 0 Å². The number of hydrogen-bond acceptors (Lipinski definition) is 5. The van der Waals surface area contributed by atoms with Crippen LogP contribution in [0, 0.1) is 0 Å². The molecule has 1 fully saturated rings. The van der Waals surface area contributed by atoms with Crippen LogP contribution < -0.4 is 5.32 Å². The number of rotatable bonds is 5. The van der Waals surface area contributed by atoms with E-state index in [1.54, 1.807) is 51.1 Å². The van der Waals surface area contributed by atoms with Crippen molar-refractivity contribution in [3.8, 4) is 0 Å². The number of benzene rings is 2. The van der Waals surface area contributed by atoms with Gasteiger partial charge in [-0.15, -0.1) is 0 Å². The molecule has 1 aliphatic rings. The molecular weight excluding hydrogens is 414 g/mol. The van der Waals surface area contributed by atoms with Crippen LogP contribution in [0.25, 0.3) is 0 Å². The summed E-state index contributed by atoms with van der Waals surface area (Å²) in [4.78, 5) is 24.6. The first-order valence-electron chi connectivity index (χ1n) is 9.03. The number of sulfone groups is 1. The Bertz CT molecular complexity index is 1020. The van der Waals surface area contributed by atoms with Crippen LogP contribution in [0.2, 0.25) is 5.02 Å². The summed E-state index contributed by atoms with van der Waals surface area (Å²) in [6.45, 7) is 5.05. The number of halogens is 1. The Morgan fingerprint density at radius 1 is 1.10 bits per heavy atom. The van der Waals surface area contributed by atoms with E-state index in [1.807, 2.05) is 0 Å². The predicted octanol–water partition coefficient (Wildman–Crippen LogP) is 3.74. The molecule has 0 aliphatic heterocycles. The van der Waals surface area contributed by atoms with E-state index in [1.165, 1.54) is 24.3 Å². The van der Waals surface area contributed by atoms with Crippen LogP contribution in [-0.2, 0) is 19.4 Å². The fourth-order valence-corrected chi connectivity index (χ4v) is 5.86. The maximum atomic E-state index is 13.3. The number of nitrogens with one attached hydrogen (secondary N) is 1. The van der Waals surface area contributed by atoms with E-state index in [-0.39, 0.29) is 4.90 Å². The van der Waals surface area contributed by atoms with Gasteiger partial charge in [-0.25, -0.2) is 13.2 Å². The molecule has 0 bridgehead atoms. The number of amides is 1. The Morgan fingerprint density at radius 2 is 1.69 bits per heavy atom. The largest absolute Gasteiger partial charge is 0.444 e. The molecule has 8 heteroatoms. The lowest BCUT2D eigenvalue weighted by atomic mass is 10.1. The lowest BCUT2D eigenvalue weighted by Crippen LogP contribution is -2.45. The van der Waals surface area contributed by atoms with E-state index >= 15 is 0 Å². The molecule has 3 atom stereocenters. The molecular formula is C21H22ClNO5S. The first kappa shape index (κ1) is 21.3. The Morgan fingerprint density at radius 3 is 2.21 bits per heavy atom. The molecule has 0 unspecified atom stereocenters. The second-order valence-electron chi connectivity index (χ2n) is 7.99. The fourth-order valence-electron chi connectivity index (χ4n) is 3.49. The topological polar surface area (TPSA) is 89.5 Å². The van der Waals surface area contributed by atoms with Crippen LogP contribution >= 0.6 is 11.6 Å². The van der Waals surface area contributed by atoms with Gasteiger partial charge in [0.25, 0.3) is 0 Å². The van der Waals surface area contributed by atoms with Gasteiger partial charge in [-0.3, -0.25) is 0 Å². The zero-order valence-corrected chi connectivity index (χ0v) is 17.8. The second-order valence-corrected chi connectivity index (χ2v) is 10.5. The summed E-state index contributed by atoms with van der Waals surface area (Å²) in [6, 6.07) is 14.5. The van der Waals surface area contributed by atoms with Gasteiger partial charge in [0.05, 0.1) is 4.90 Å². The molecule has 1 amide bonds. The highest BCUT2D eigenvalue weighted by atomic mass is 35.5. The summed E-state index contributed by atoms with van der Waals surface area (Å²) in [5.41, 5.74) is -1.78. The van der Waals surface area contributed by atoms with Gasteiger partial charge >= 0.3 is 6.09 Å². The third kappa shape index (κ3) is 4.16. The molecule has 2 aromatic rings. The highest BCUT2D eigenvalue weighted by Crippen LogP contribution is 2.56. The molecule has 0 saturated heterocycles. The summed E-state index contributed by atoms with van der Waals surface area (Å²) < 4.78 is 31.9. The third-order valence-corrected chi connectivity index (χ3v) is 7.24. The van der Waals surface area contributed by atoms with Crippen LogP contribution in [0.5, 0.6) is 0 Å². The van der Waals surface area contributed by atoms with Crippen LogP contribution in [-0.4, -0.2) is 37.2 Å². The van der Waals surface area contributed by atoms with Crippen molar-refractivity contribution >= 4 is 33.8 Å². The van der Waals surface area contributed by atoms with Crippen molar-refractivity contribution < 1.29 is 22.7 Å². The van der Waals surface area contributed by atoms with E-state index in [4.69, 9.17) is 16.3 Å². The molecule has 0 heterocycles. The molecule has 6 nitrogen and oxygen atoms in total. The molecule has 1 N–H and O–H groups in total. The van der Waals surface area contributed by atoms with Gasteiger partial charge in [-0.1, -0.05) is 41.9 Å². The first-order chi connectivity index (χ1) is 13.5. The molecule has 3 rings (SSSR count). The Hall–Kier alpha value is -2.38. The van der Waals surface area contributed by atoms with Crippen LogP contribution in [0.1, 0.15) is 32.3 Å². The van der Waals surface area contributed by atoms with Crippen LogP contribution in [0.4, 0.5) is 4.79 Å². The standard InChI is InChI=1S/C21H22ClNO5S/c1-20(2,3)28-19(25)23-21(13-24)17(14-7-5-4-6-8-14)18(21)29(26,27)16-11-9-15(22)10-12-16/h4-13,17-18H,1-3H3,(H,23,25)/t17-,18-,21-/m1/s1. The van der Waals surface area contributed by atoms with Crippen LogP contribution in [0.15, 0.2) is 59.5 Å². The van der Waals surface area contributed by atoms with Crippen molar-refractivity contribution in [3.63, 3.8) is 0 Å². The quantitative estimate of drug-likeness (QED) is 0.722. The van der Waals surface area contributed by atoms with Crippen molar-refractivity contribution in [3.05, 3.63) is 65.2 Å². The molecule has 1 saturated carbocycles. The average Bonchev–Trinajstić information content (AvgIpc) is 3.30. The number of carbonyl (C=O) groups excluding carboxylic acids is 2. The second kappa shape index (κ2) is 7.46. The van der Waals surface area contributed by atoms with E-state index in [9.17, 15) is 18.0 Å². The summed E-state index contributed by atoms with van der Waals surface area (Å²) in [6.07, 6.45) is -0.355. The SMILES string of the molecule is CC(C)(C)OC(=O)N[C@]1(C=O)[C@H](c2ccccc2)[C@H]1S(=O)(=O)c1ccc(Cl)cc1. The molecule has 0 aromatic heterocycles. The van der Waals surface area contributed by atoms with Crippen molar-refractivity contribution in [2.45, 2.75) is 48.0 Å². The maximum Gasteiger partial charge on any atom is 0.408 e. The van der Waals surface area contributed by atoms with Gasteiger partial charge in [0.2, 0.25) is 0 Å². The maximum absolute atomic E-state index is 13.3. The van der Waals surface area contributed by atoms with Gasteiger partial charge in [-0.05, 0) is 50.6 Å². The minimum atomic E-state index is -3.95. The minimum absolute atomic E-state index is 0.0301.